The van der Waals surface area contributed by atoms with Gasteiger partial charge in [0, 0.05) is 6.04 Å². The molecular formula is C5H9NO2. The Morgan fingerprint density at radius 3 is 2.38 bits per heavy atom. The molecule has 0 aliphatic carbocycles. The Bertz CT molecular complexity index is 113. The molecule has 0 aromatic rings. The second-order valence-electron chi connectivity index (χ2n) is 1.96. The molecule has 0 spiro atoms. The van der Waals surface area contributed by atoms with E-state index in [0.717, 1.165) is 0 Å². The van der Waals surface area contributed by atoms with Crippen LogP contribution in [0.5, 0.6) is 0 Å². The lowest BCUT2D eigenvalue weighted by molar-refractivity contribution is -0.140. The minimum absolute atomic E-state index is 0.0278. The van der Waals surface area contributed by atoms with E-state index in [0.29, 0.717) is 6.04 Å². The Labute approximate surface area is 48.0 Å². The first-order valence-electron chi connectivity index (χ1n) is 2.59. The Hall–Kier alpha value is -0.570. The van der Waals surface area contributed by atoms with Crippen molar-refractivity contribution in [3.8, 4) is 0 Å². The van der Waals surface area contributed by atoms with Crippen LogP contribution < -0.4 is 5.32 Å². The van der Waals surface area contributed by atoms with Gasteiger partial charge in [-0.3, -0.25) is 10.1 Å². The number of ether oxygens (including phenoxy) is 1. The maximum Gasteiger partial charge on any atom is 0.324 e. The molecule has 0 aromatic heterocycles. The highest BCUT2D eigenvalue weighted by atomic mass is 16.5. The molecule has 2 atom stereocenters. The maximum absolute atomic E-state index is 10.5. The second kappa shape index (κ2) is 1.74. The molecule has 1 rings (SSSR count). The van der Waals surface area contributed by atoms with E-state index in [1.54, 1.807) is 0 Å². The molecule has 1 heterocycles. The smallest absolute Gasteiger partial charge is 0.324 e. The minimum Gasteiger partial charge on any atom is -0.468 e. The van der Waals surface area contributed by atoms with Crippen LogP contribution in [0.25, 0.3) is 0 Å². The van der Waals surface area contributed by atoms with Crippen LogP contribution in [0, 0.1) is 0 Å². The Morgan fingerprint density at radius 1 is 1.75 bits per heavy atom. The van der Waals surface area contributed by atoms with Gasteiger partial charge >= 0.3 is 5.97 Å². The van der Waals surface area contributed by atoms with Crippen LogP contribution in [0.3, 0.4) is 0 Å². The second-order valence-corrected chi connectivity index (χ2v) is 1.96. The van der Waals surface area contributed by atoms with Gasteiger partial charge in [-0.1, -0.05) is 0 Å². The SMILES string of the molecule is COC(=O)[C@H]1NC1C. The molecule has 8 heavy (non-hydrogen) atoms. The lowest BCUT2D eigenvalue weighted by Gasteiger charge is -1.89. The number of carbonyl (C=O) groups excluding carboxylic acids is 1. The Balaban J connectivity index is 2.28. The quantitative estimate of drug-likeness (QED) is 0.371. The predicted molar refractivity (Wildman–Crippen MR) is 28.4 cm³/mol. The van der Waals surface area contributed by atoms with Crippen molar-refractivity contribution in [2.75, 3.05) is 7.11 Å². The maximum atomic E-state index is 10.5. The van der Waals surface area contributed by atoms with Crippen molar-refractivity contribution in [1.82, 2.24) is 5.32 Å². The van der Waals surface area contributed by atoms with E-state index >= 15 is 0 Å². The van der Waals surface area contributed by atoms with E-state index in [1.165, 1.54) is 7.11 Å². The van der Waals surface area contributed by atoms with Crippen LogP contribution in [-0.4, -0.2) is 25.2 Å². The minimum atomic E-state index is -0.155. The Morgan fingerprint density at radius 2 is 2.25 bits per heavy atom. The zero-order valence-corrected chi connectivity index (χ0v) is 4.97. The third kappa shape index (κ3) is 0.816. The number of rotatable bonds is 1. The molecule has 1 fully saturated rings. The van der Waals surface area contributed by atoms with E-state index < -0.39 is 0 Å². The summed E-state index contributed by atoms with van der Waals surface area (Å²) in [5.41, 5.74) is 0. The molecule has 0 amide bonds. The molecule has 1 N–H and O–H groups in total. The van der Waals surface area contributed by atoms with Gasteiger partial charge in [-0.15, -0.1) is 0 Å². The summed E-state index contributed by atoms with van der Waals surface area (Å²) >= 11 is 0. The largest absolute Gasteiger partial charge is 0.468 e. The molecule has 0 aromatic carbocycles. The highest BCUT2D eigenvalue weighted by Gasteiger charge is 2.39. The fraction of sp³-hybridized carbons (Fsp3) is 0.800. The fourth-order valence-electron chi connectivity index (χ4n) is 0.627. The summed E-state index contributed by atoms with van der Waals surface area (Å²) in [6.45, 7) is 1.95. The first kappa shape index (κ1) is 5.56. The first-order chi connectivity index (χ1) is 3.75. The van der Waals surface area contributed by atoms with Gasteiger partial charge < -0.3 is 4.74 Å². The van der Waals surface area contributed by atoms with Crippen LogP contribution >= 0.6 is 0 Å². The summed E-state index contributed by atoms with van der Waals surface area (Å²) in [5, 5.41) is 2.91. The number of hydrogen-bond acceptors (Lipinski definition) is 3. The van der Waals surface area contributed by atoms with Gasteiger partial charge in [0.1, 0.15) is 6.04 Å². The molecule has 0 saturated carbocycles. The number of esters is 1. The van der Waals surface area contributed by atoms with Crippen LogP contribution in [0.1, 0.15) is 6.92 Å². The summed E-state index contributed by atoms with van der Waals surface area (Å²) in [6, 6.07) is 0.294. The number of nitrogens with one attached hydrogen (secondary N) is 1. The average Bonchev–Trinajstić information content (AvgIpc) is 2.45. The Kier molecular flexibility index (Phi) is 1.21. The highest BCUT2D eigenvalue weighted by Crippen LogP contribution is 2.09. The summed E-state index contributed by atoms with van der Waals surface area (Å²) in [5.74, 6) is -0.155. The molecule has 3 heteroatoms. The first-order valence-corrected chi connectivity index (χ1v) is 2.59. The van der Waals surface area contributed by atoms with Crippen molar-refractivity contribution in [1.29, 1.82) is 0 Å². The molecule has 1 unspecified atom stereocenters. The van der Waals surface area contributed by atoms with E-state index in [1.807, 2.05) is 6.92 Å². The molecule has 0 bridgehead atoms. The molecule has 46 valence electrons. The molecule has 3 nitrogen and oxygen atoms in total. The predicted octanol–water partition coefficient (Wildman–Crippen LogP) is -0.480. The van der Waals surface area contributed by atoms with Crippen molar-refractivity contribution in [3.63, 3.8) is 0 Å². The van der Waals surface area contributed by atoms with Gasteiger partial charge in [-0.2, -0.15) is 0 Å². The van der Waals surface area contributed by atoms with Crippen LogP contribution in [0.2, 0.25) is 0 Å². The fourth-order valence-corrected chi connectivity index (χ4v) is 0.627. The van der Waals surface area contributed by atoms with Crippen molar-refractivity contribution in [3.05, 3.63) is 0 Å². The molecular weight excluding hydrogens is 106 g/mol. The normalized spacial score (nSPS) is 34.2. The van der Waals surface area contributed by atoms with Crippen molar-refractivity contribution in [2.45, 2.75) is 19.0 Å². The van der Waals surface area contributed by atoms with Gasteiger partial charge in [-0.05, 0) is 6.92 Å². The molecule has 0 radical (unpaired) electrons. The summed E-state index contributed by atoms with van der Waals surface area (Å²) in [6.07, 6.45) is 0. The van der Waals surface area contributed by atoms with Gasteiger partial charge in [-0.25, -0.2) is 0 Å². The average molecular weight is 115 g/mol. The van der Waals surface area contributed by atoms with Gasteiger partial charge in [0.05, 0.1) is 7.11 Å². The third-order valence-corrected chi connectivity index (χ3v) is 1.29. The zero-order valence-electron chi connectivity index (χ0n) is 4.97. The standard InChI is InChI=1S/C5H9NO2/c1-3-4(6-3)5(7)8-2/h3-4,6H,1-2H3/t3?,4-/m0/s1. The number of hydrogen-bond donors (Lipinski definition) is 1. The van der Waals surface area contributed by atoms with E-state index in [9.17, 15) is 4.79 Å². The van der Waals surface area contributed by atoms with Crippen molar-refractivity contribution >= 4 is 5.97 Å². The van der Waals surface area contributed by atoms with Crippen LogP contribution in [0.4, 0.5) is 0 Å². The third-order valence-electron chi connectivity index (χ3n) is 1.29. The van der Waals surface area contributed by atoms with Crippen LogP contribution in [-0.2, 0) is 9.53 Å². The van der Waals surface area contributed by atoms with Crippen molar-refractivity contribution in [2.24, 2.45) is 0 Å². The molecule has 1 saturated heterocycles. The zero-order chi connectivity index (χ0) is 6.15. The van der Waals surface area contributed by atoms with E-state index in [-0.39, 0.29) is 12.0 Å². The van der Waals surface area contributed by atoms with Gasteiger partial charge in [0.15, 0.2) is 0 Å². The van der Waals surface area contributed by atoms with Gasteiger partial charge in [0.2, 0.25) is 0 Å². The van der Waals surface area contributed by atoms with Gasteiger partial charge in [0.25, 0.3) is 0 Å². The van der Waals surface area contributed by atoms with Crippen molar-refractivity contribution < 1.29 is 9.53 Å². The number of carbonyl (C=O) groups is 1. The topological polar surface area (TPSA) is 48.2 Å². The van der Waals surface area contributed by atoms with E-state index in [2.05, 4.69) is 10.1 Å². The highest BCUT2D eigenvalue weighted by molar-refractivity contribution is 5.79. The lowest BCUT2D eigenvalue weighted by atomic mass is 10.3. The van der Waals surface area contributed by atoms with Crippen LogP contribution in [0.15, 0.2) is 0 Å². The lowest BCUT2D eigenvalue weighted by Crippen LogP contribution is -2.11. The molecule has 1 aliphatic rings. The summed E-state index contributed by atoms with van der Waals surface area (Å²) in [7, 11) is 1.40. The number of methoxy groups -OCH3 is 1. The van der Waals surface area contributed by atoms with E-state index in [4.69, 9.17) is 0 Å². The summed E-state index contributed by atoms with van der Waals surface area (Å²) in [4.78, 5) is 10.5. The summed E-state index contributed by atoms with van der Waals surface area (Å²) < 4.78 is 4.44. The monoisotopic (exact) mass is 115 g/mol. The molecule has 1 aliphatic heterocycles.